The predicted molar refractivity (Wildman–Crippen MR) is 69.4 cm³/mol. The molecule has 1 aromatic carbocycles. The summed E-state index contributed by atoms with van der Waals surface area (Å²) in [6.07, 6.45) is 10.4. The van der Waals surface area contributed by atoms with E-state index in [1.807, 2.05) is 0 Å². The van der Waals surface area contributed by atoms with Crippen molar-refractivity contribution in [3.8, 4) is 12.3 Å². The van der Waals surface area contributed by atoms with Crippen LogP contribution in [0.25, 0.3) is 10.9 Å². The number of hydrogen-bond acceptors (Lipinski definition) is 0. The van der Waals surface area contributed by atoms with Crippen molar-refractivity contribution in [3.63, 3.8) is 0 Å². The van der Waals surface area contributed by atoms with Crippen molar-refractivity contribution in [2.24, 2.45) is 0 Å². The lowest BCUT2D eigenvalue weighted by Gasteiger charge is -2.07. The van der Waals surface area contributed by atoms with Gasteiger partial charge >= 0.3 is 0 Å². The van der Waals surface area contributed by atoms with Crippen molar-refractivity contribution in [1.29, 1.82) is 0 Å². The molecule has 1 nitrogen and oxygen atoms in total. The van der Waals surface area contributed by atoms with E-state index in [1.165, 1.54) is 16.5 Å². The van der Waals surface area contributed by atoms with Crippen LogP contribution in [0.3, 0.4) is 0 Å². The predicted octanol–water partition coefficient (Wildman–Crippen LogP) is 3.62. The third kappa shape index (κ3) is 1.97. The molecule has 0 N–H and O–H groups in total. The third-order valence-electron chi connectivity index (χ3n) is 2.97. The molecule has 0 aliphatic carbocycles. The van der Waals surface area contributed by atoms with Crippen LogP contribution in [0.15, 0.2) is 30.5 Å². The fourth-order valence-corrected chi connectivity index (χ4v) is 2.16. The second-order valence-electron chi connectivity index (χ2n) is 4.03. The zero-order valence-electron chi connectivity index (χ0n) is 9.74. The monoisotopic (exact) mass is 211 g/mol. The summed E-state index contributed by atoms with van der Waals surface area (Å²) in [4.78, 5) is 0. The summed E-state index contributed by atoms with van der Waals surface area (Å²) in [5.41, 5.74) is 2.80. The molecule has 0 saturated heterocycles. The van der Waals surface area contributed by atoms with Gasteiger partial charge in [0.2, 0.25) is 0 Å². The minimum absolute atomic E-state index is 0.855. The Bertz CT molecular complexity index is 514. The number of unbranched alkanes of at least 4 members (excludes halogenated alkanes) is 1. The van der Waals surface area contributed by atoms with E-state index in [0.29, 0.717) is 0 Å². The Morgan fingerprint density at radius 2 is 2.19 bits per heavy atom. The van der Waals surface area contributed by atoms with Gasteiger partial charge < -0.3 is 4.57 Å². The molecule has 0 aliphatic heterocycles. The molecule has 0 saturated carbocycles. The van der Waals surface area contributed by atoms with Gasteiger partial charge in [0, 0.05) is 19.2 Å². The van der Waals surface area contributed by atoms with E-state index >= 15 is 0 Å². The molecule has 0 unspecified atom stereocenters. The lowest BCUT2D eigenvalue weighted by Crippen LogP contribution is -1.98. The number of rotatable bonds is 4. The largest absolute Gasteiger partial charge is 0.347 e. The van der Waals surface area contributed by atoms with Crippen molar-refractivity contribution in [2.75, 3.05) is 0 Å². The SMILES string of the molecule is C#CCCCn1ccc2cccc(CC)c21. The highest BCUT2D eigenvalue weighted by molar-refractivity contribution is 5.83. The van der Waals surface area contributed by atoms with Gasteiger partial charge in [0.25, 0.3) is 0 Å². The number of aryl methyl sites for hydroxylation is 2. The third-order valence-corrected chi connectivity index (χ3v) is 2.97. The Balaban J connectivity index is 2.35. The average Bonchev–Trinajstić information content (AvgIpc) is 2.73. The minimum atomic E-state index is 0.855. The van der Waals surface area contributed by atoms with Crippen LogP contribution in [-0.2, 0) is 13.0 Å². The first-order valence-electron chi connectivity index (χ1n) is 5.87. The van der Waals surface area contributed by atoms with Crippen LogP contribution in [0.2, 0.25) is 0 Å². The van der Waals surface area contributed by atoms with Crippen LogP contribution in [0, 0.1) is 12.3 Å². The van der Waals surface area contributed by atoms with Crippen LogP contribution < -0.4 is 0 Å². The average molecular weight is 211 g/mol. The smallest absolute Gasteiger partial charge is 0.0512 e. The Kier molecular flexibility index (Phi) is 3.31. The standard InChI is InChI=1S/C15H17N/c1-3-5-6-11-16-12-10-14-9-7-8-13(4-2)15(14)16/h1,7-10,12H,4-6,11H2,2H3. The Labute approximate surface area is 97.1 Å². The van der Waals surface area contributed by atoms with E-state index < -0.39 is 0 Å². The molecule has 0 aliphatic rings. The first-order chi connectivity index (χ1) is 7.86. The zero-order chi connectivity index (χ0) is 11.4. The van der Waals surface area contributed by atoms with Crippen LogP contribution in [0.5, 0.6) is 0 Å². The maximum Gasteiger partial charge on any atom is 0.0512 e. The van der Waals surface area contributed by atoms with Gasteiger partial charge in [-0.15, -0.1) is 12.3 Å². The second kappa shape index (κ2) is 4.90. The van der Waals surface area contributed by atoms with Crippen molar-refractivity contribution in [1.82, 2.24) is 4.57 Å². The lowest BCUT2D eigenvalue weighted by atomic mass is 10.1. The van der Waals surface area contributed by atoms with E-state index in [1.54, 1.807) is 0 Å². The minimum Gasteiger partial charge on any atom is -0.347 e. The highest BCUT2D eigenvalue weighted by Gasteiger charge is 2.04. The molecule has 1 heterocycles. The Hall–Kier alpha value is -1.68. The van der Waals surface area contributed by atoms with Gasteiger partial charge in [0.1, 0.15) is 0 Å². The Morgan fingerprint density at radius 3 is 2.94 bits per heavy atom. The number of nitrogens with zero attached hydrogens (tertiary/aromatic N) is 1. The molecule has 2 rings (SSSR count). The summed E-state index contributed by atoms with van der Waals surface area (Å²) in [6, 6.07) is 8.70. The second-order valence-corrected chi connectivity index (χ2v) is 4.03. The molecule has 0 radical (unpaired) electrons. The van der Waals surface area contributed by atoms with Crippen molar-refractivity contribution >= 4 is 10.9 Å². The normalized spacial score (nSPS) is 10.5. The molecule has 2 aromatic rings. The highest BCUT2D eigenvalue weighted by atomic mass is 14.9. The van der Waals surface area contributed by atoms with Crippen LogP contribution in [-0.4, -0.2) is 4.57 Å². The summed E-state index contributed by atoms with van der Waals surface area (Å²) in [7, 11) is 0. The maximum atomic E-state index is 5.28. The molecule has 1 aromatic heterocycles. The van der Waals surface area contributed by atoms with Crippen LogP contribution in [0.4, 0.5) is 0 Å². The molecule has 0 atom stereocenters. The number of terminal acetylenes is 1. The summed E-state index contributed by atoms with van der Waals surface area (Å²) in [6.45, 7) is 3.22. The summed E-state index contributed by atoms with van der Waals surface area (Å²) < 4.78 is 2.32. The van der Waals surface area contributed by atoms with Crippen LogP contribution in [0.1, 0.15) is 25.3 Å². The molecule has 0 bridgehead atoms. The van der Waals surface area contributed by atoms with Crippen LogP contribution >= 0.6 is 0 Å². The molecular formula is C15H17N. The topological polar surface area (TPSA) is 4.93 Å². The van der Waals surface area contributed by atoms with Gasteiger partial charge in [-0.1, -0.05) is 25.1 Å². The molecule has 0 amide bonds. The van der Waals surface area contributed by atoms with E-state index in [2.05, 4.69) is 47.9 Å². The number of aromatic nitrogens is 1. The zero-order valence-corrected chi connectivity index (χ0v) is 9.74. The van der Waals surface area contributed by atoms with Gasteiger partial charge in [-0.2, -0.15) is 0 Å². The van der Waals surface area contributed by atoms with Gasteiger partial charge in [-0.05, 0) is 29.9 Å². The number of hydrogen-bond donors (Lipinski definition) is 0. The number of benzene rings is 1. The molecule has 1 heteroatoms. The Morgan fingerprint density at radius 1 is 1.31 bits per heavy atom. The first-order valence-corrected chi connectivity index (χ1v) is 5.87. The van der Waals surface area contributed by atoms with Crippen molar-refractivity contribution < 1.29 is 0 Å². The number of fused-ring (bicyclic) bond motifs is 1. The van der Waals surface area contributed by atoms with Gasteiger partial charge in [-0.25, -0.2) is 0 Å². The van der Waals surface area contributed by atoms with E-state index in [4.69, 9.17) is 6.42 Å². The quantitative estimate of drug-likeness (QED) is 0.537. The van der Waals surface area contributed by atoms with Gasteiger partial charge in [0.15, 0.2) is 0 Å². The lowest BCUT2D eigenvalue weighted by molar-refractivity contribution is 0.675. The molecule has 0 spiro atoms. The van der Waals surface area contributed by atoms with E-state index in [0.717, 1.165) is 25.8 Å². The summed E-state index contributed by atoms with van der Waals surface area (Å²) in [5, 5.41) is 1.33. The molecule has 82 valence electrons. The summed E-state index contributed by atoms with van der Waals surface area (Å²) in [5.74, 6) is 2.69. The highest BCUT2D eigenvalue weighted by Crippen LogP contribution is 2.21. The molecule has 16 heavy (non-hydrogen) atoms. The van der Waals surface area contributed by atoms with E-state index in [9.17, 15) is 0 Å². The fourth-order valence-electron chi connectivity index (χ4n) is 2.16. The number of para-hydroxylation sites is 1. The maximum absolute atomic E-state index is 5.28. The molecular weight excluding hydrogens is 194 g/mol. The van der Waals surface area contributed by atoms with Crippen molar-refractivity contribution in [3.05, 3.63) is 36.0 Å². The van der Waals surface area contributed by atoms with Crippen molar-refractivity contribution in [2.45, 2.75) is 32.7 Å². The first kappa shape index (κ1) is 10.8. The van der Waals surface area contributed by atoms with E-state index in [-0.39, 0.29) is 0 Å². The summed E-state index contributed by atoms with van der Waals surface area (Å²) >= 11 is 0. The van der Waals surface area contributed by atoms with Gasteiger partial charge in [0.05, 0.1) is 5.52 Å². The van der Waals surface area contributed by atoms with Gasteiger partial charge in [-0.3, -0.25) is 0 Å². The fraction of sp³-hybridized carbons (Fsp3) is 0.333. The molecule has 0 fully saturated rings.